The van der Waals surface area contributed by atoms with E-state index in [0.717, 1.165) is 25.2 Å². The van der Waals surface area contributed by atoms with E-state index in [-0.39, 0.29) is 6.04 Å². The van der Waals surface area contributed by atoms with Gasteiger partial charge in [-0.1, -0.05) is 13.0 Å². The van der Waals surface area contributed by atoms with E-state index in [2.05, 4.69) is 24.4 Å². The highest BCUT2D eigenvalue weighted by Crippen LogP contribution is 2.35. The lowest BCUT2D eigenvalue weighted by Gasteiger charge is -2.21. The zero-order valence-electron chi connectivity index (χ0n) is 10.0. The van der Waals surface area contributed by atoms with Crippen molar-refractivity contribution in [2.45, 2.75) is 31.1 Å². The molecule has 2 N–H and O–H groups in total. The molecule has 0 radical (unpaired) electrons. The molecule has 0 fully saturated rings. The third-order valence-electron chi connectivity index (χ3n) is 2.47. The molecule has 1 aromatic rings. The highest BCUT2D eigenvalue weighted by Gasteiger charge is 2.19. The molecule has 0 aliphatic carbocycles. The summed E-state index contributed by atoms with van der Waals surface area (Å²) < 4.78 is 5.06. The Morgan fingerprint density at radius 3 is 2.94 bits per heavy atom. The number of ether oxygens (including phenoxy) is 1. The van der Waals surface area contributed by atoms with Gasteiger partial charge in [0.25, 0.3) is 0 Å². The summed E-state index contributed by atoms with van der Waals surface area (Å²) in [5.74, 6) is 1.12. The fourth-order valence-corrected chi connectivity index (χ4v) is 3.87. The van der Waals surface area contributed by atoms with Crippen LogP contribution in [0.3, 0.4) is 0 Å². The monoisotopic (exact) mass is 259 g/mol. The Labute approximate surface area is 107 Å². The summed E-state index contributed by atoms with van der Waals surface area (Å²) >= 11 is 3.76. The van der Waals surface area contributed by atoms with E-state index in [4.69, 9.17) is 10.5 Å². The number of rotatable bonds is 8. The Morgan fingerprint density at radius 2 is 2.38 bits per heavy atom. The SMILES string of the molecule is CCC(N)C(SCCCOC)c1cccs1. The van der Waals surface area contributed by atoms with Gasteiger partial charge in [-0.2, -0.15) is 11.8 Å². The van der Waals surface area contributed by atoms with Crippen LogP contribution in [0.4, 0.5) is 0 Å². The molecule has 1 heterocycles. The molecule has 16 heavy (non-hydrogen) atoms. The van der Waals surface area contributed by atoms with Gasteiger partial charge in [0.2, 0.25) is 0 Å². The van der Waals surface area contributed by atoms with Crippen molar-refractivity contribution in [3.05, 3.63) is 22.4 Å². The standard InChI is InChI=1S/C12H21NOS2/c1-3-10(13)12(11-6-4-8-15-11)16-9-5-7-14-2/h4,6,8,10,12H,3,5,7,9,13H2,1-2H3. The average molecular weight is 259 g/mol. The highest BCUT2D eigenvalue weighted by molar-refractivity contribution is 7.99. The quantitative estimate of drug-likeness (QED) is 0.728. The molecule has 1 rings (SSSR count). The van der Waals surface area contributed by atoms with Gasteiger partial charge < -0.3 is 10.5 Å². The molecule has 2 unspecified atom stereocenters. The second-order valence-corrected chi connectivity index (χ2v) is 5.95. The van der Waals surface area contributed by atoms with E-state index < -0.39 is 0 Å². The van der Waals surface area contributed by atoms with Crippen LogP contribution in [-0.4, -0.2) is 25.5 Å². The van der Waals surface area contributed by atoms with Crippen molar-refractivity contribution in [1.82, 2.24) is 0 Å². The van der Waals surface area contributed by atoms with Crippen LogP contribution in [0.2, 0.25) is 0 Å². The van der Waals surface area contributed by atoms with Crippen molar-refractivity contribution in [2.24, 2.45) is 5.73 Å². The Hall–Kier alpha value is -0.0300. The Balaban J connectivity index is 2.45. The topological polar surface area (TPSA) is 35.2 Å². The highest BCUT2D eigenvalue weighted by atomic mass is 32.2. The van der Waals surface area contributed by atoms with Crippen molar-refractivity contribution in [2.75, 3.05) is 19.5 Å². The first-order valence-corrected chi connectivity index (χ1v) is 7.62. The molecule has 2 atom stereocenters. The zero-order chi connectivity index (χ0) is 11.8. The fourth-order valence-electron chi connectivity index (χ4n) is 1.50. The Bertz CT molecular complexity index is 264. The van der Waals surface area contributed by atoms with Crippen LogP contribution in [-0.2, 0) is 4.74 Å². The van der Waals surface area contributed by atoms with Gasteiger partial charge in [0.1, 0.15) is 0 Å². The molecule has 0 saturated carbocycles. The van der Waals surface area contributed by atoms with Gasteiger partial charge in [-0.15, -0.1) is 11.3 Å². The molecule has 0 aliphatic heterocycles. The van der Waals surface area contributed by atoms with E-state index >= 15 is 0 Å². The smallest absolute Gasteiger partial charge is 0.0542 e. The molecule has 0 spiro atoms. The number of thioether (sulfide) groups is 1. The summed E-state index contributed by atoms with van der Waals surface area (Å²) in [6.45, 7) is 2.99. The second-order valence-electron chi connectivity index (χ2n) is 3.73. The maximum absolute atomic E-state index is 6.18. The zero-order valence-corrected chi connectivity index (χ0v) is 11.7. The lowest BCUT2D eigenvalue weighted by atomic mass is 10.1. The van der Waals surface area contributed by atoms with Crippen LogP contribution in [0.15, 0.2) is 17.5 Å². The molecule has 1 aromatic heterocycles. The van der Waals surface area contributed by atoms with Gasteiger partial charge in [-0.05, 0) is 30.0 Å². The normalized spacial score (nSPS) is 14.9. The van der Waals surface area contributed by atoms with Crippen LogP contribution >= 0.6 is 23.1 Å². The summed E-state index contributed by atoms with van der Waals surface area (Å²) in [6, 6.07) is 4.55. The lowest BCUT2D eigenvalue weighted by molar-refractivity contribution is 0.200. The maximum atomic E-state index is 6.18. The largest absolute Gasteiger partial charge is 0.385 e. The van der Waals surface area contributed by atoms with Crippen LogP contribution in [0.1, 0.15) is 29.9 Å². The van der Waals surface area contributed by atoms with Crippen molar-refractivity contribution in [1.29, 1.82) is 0 Å². The van der Waals surface area contributed by atoms with Crippen molar-refractivity contribution >= 4 is 23.1 Å². The molecule has 0 aliphatic rings. The lowest BCUT2D eigenvalue weighted by Crippen LogP contribution is -2.25. The second kappa shape index (κ2) is 8.12. The molecule has 0 aromatic carbocycles. The first-order chi connectivity index (χ1) is 7.79. The fraction of sp³-hybridized carbons (Fsp3) is 0.667. The average Bonchev–Trinajstić information content (AvgIpc) is 2.82. The van der Waals surface area contributed by atoms with Crippen LogP contribution in [0, 0.1) is 0 Å². The van der Waals surface area contributed by atoms with Gasteiger partial charge in [0.05, 0.1) is 5.25 Å². The first kappa shape index (κ1) is 14.0. The van der Waals surface area contributed by atoms with Gasteiger partial charge in [-0.25, -0.2) is 0 Å². The summed E-state index contributed by atoms with van der Waals surface area (Å²) in [5.41, 5.74) is 6.18. The van der Waals surface area contributed by atoms with E-state index in [0.29, 0.717) is 5.25 Å². The molecular weight excluding hydrogens is 238 g/mol. The van der Waals surface area contributed by atoms with E-state index in [1.807, 2.05) is 11.8 Å². The van der Waals surface area contributed by atoms with Gasteiger partial charge >= 0.3 is 0 Å². The molecule has 4 heteroatoms. The van der Waals surface area contributed by atoms with Gasteiger partial charge in [-0.3, -0.25) is 0 Å². The van der Waals surface area contributed by atoms with Gasteiger partial charge in [0.15, 0.2) is 0 Å². The molecule has 0 bridgehead atoms. The summed E-state index contributed by atoms with van der Waals surface area (Å²) in [7, 11) is 1.75. The minimum Gasteiger partial charge on any atom is -0.385 e. The maximum Gasteiger partial charge on any atom is 0.0542 e. The van der Waals surface area contributed by atoms with Crippen LogP contribution in [0.25, 0.3) is 0 Å². The molecule has 0 saturated heterocycles. The van der Waals surface area contributed by atoms with Crippen LogP contribution < -0.4 is 5.73 Å². The van der Waals surface area contributed by atoms with Crippen LogP contribution in [0.5, 0.6) is 0 Å². The third kappa shape index (κ3) is 4.45. The van der Waals surface area contributed by atoms with E-state index in [9.17, 15) is 0 Å². The molecule has 92 valence electrons. The predicted molar refractivity (Wildman–Crippen MR) is 74.3 cm³/mol. The van der Waals surface area contributed by atoms with E-state index in [1.165, 1.54) is 4.88 Å². The van der Waals surface area contributed by atoms with Gasteiger partial charge in [0, 0.05) is 24.6 Å². The minimum absolute atomic E-state index is 0.256. The molecule has 2 nitrogen and oxygen atoms in total. The first-order valence-electron chi connectivity index (χ1n) is 5.69. The Kier molecular flexibility index (Phi) is 7.12. The van der Waals surface area contributed by atoms with Crippen molar-refractivity contribution < 1.29 is 4.74 Å². The van der Waals surface area contributed by atoms with Crippen molar-refractivity contribution in [3.63, 3.8) is 0 Å². The van der Waals surface area contributed by atoms with E-state index in [1.54, 1.807) is 18.4 Å². The molecular formula is C12H21NOS2. The summed E-state index contributed by atoms with van der Waals surface area (Å²) in [5, 5.41) is 2.57. The third-order valence-corrected chi connectivity index (χ3v) is 5.07. The summed E-state index contributed by atoms with van der Waals surface area (Å²) in [6.07, 6.45) is 2.12. The summed E-state index contributed by atoms with van der Waals surface area (Å²) in [4.78, 5) is 1.40. The number of methoxy groups -OCH3 is 1. The number of hydrogen-bond donors (Lipinski definition) is 1. The molecule has 0 amide bonds. The predicted octanol–water partition coefficient (Wildman–Crippen LogP) is 3.30. The number of nitrogens with two attached hydrogens (primary N) is 1. The minimum atomic E-state index is 0.256. The number of thiophene rings is 1. The number of hydrogen-bond acceptors (Lipinski definition) is 4. The Morgan fingerprint density at radius 1 is 1.56 bits per heavy atom. The van der Waals surface area contributed by atoms with Crippen molar-refractivity contribution in [3.8, 4) is 0 Å².